The van der Waals surface area contributed by atoms with Crippen LogP contribution >= 0.6 is 0 Å². The predicted octanol–water partition coefficient (Wildman–Crippen LogP) is -3.80. The van der Waals surface area contributed by atoms with E-state index in [0.29, 0.717) is 0 Å². The zero-order valence-corrected chi connectivity index (χ0v) is 14.4. The molecule has 0 spiro atoms. The molecular weight excluding hydrogens is 292 g/mol. The summed E-state index contributed by atoms with van der Waals surface area (Å²) in [6.07, 6.45) is 0. The van der Waals surface area contributed by atoms with Gasteiger partial charge in [0.25, 0.3) is 0 Å². The first-order valence-electron chi connectivity index (χ1n) is 5.97. The van der Waals surface area contributed by atoms with Crippen LogP contribution in [-0.2, 0) is 17.4 Å². The summed E-state index contributed by atoms with van der Waals surface area (Å²) in [5.41, 5.74) is 0. The first-order valence-corrected chi connectivity index (χ1v) is 5.97. The molecule has 0 aliphatic rings. The van der Waals surface area contributed by atoms with E-state index in [2.05, 4.69) is 0 Å². The van der Waals surface area contributed by atoms with Crippen LogP contribution in [0.15, 0.2) is 0 Å². The fraction of sp³-hybridized carbons (Fsp3) is 1.00. The smallest absolute Gasteiger partial charge is 0.855 e. The molecule has 0 heterocycles. The van der Waals surface area contributed by atoms with E-state index < -0.39 is 0 Å². The van der Waals surface area contributed by atoms with Gasteiger partial charge in [-0.3, -0.25) is 0 Å². The summed E-state index contributed by atoms with van der Waals surface area (Å²) in [7, 11) is 0. The van der Waals surface area contributed by atoms with Crippen molar-refractivity contribution in [3.63, 3.8) is 0 Å². The Morgan fingerprint density at radius 2 is 0.368 bits per heavy atom. The van der Waals surface area contributed by atoms with Crippen LogP contribution in [0.4, 0.5) is 0 Å². The van der Waals surface area contributed by atoms with Crippen LogP contribution in [0, 0.1) is 0 Å². The van der Waals surface area contributed by atoms with Crippen molar-refractivity contribution in [3.05, 3.63) is 0 Å². The summed E-state index contributed by atoms with van der Waals surface area (Å²) in [5.74, 6) is 0. The maximum atomic E-state index is 8.93. The monoisotopic (exact) mass is 322 g/mol. The van der Waals surface area contributed by atoms with Gasteiger partial charge in [-0.25, -0.2) is 0 Å². The summed E-state index contributed by atoms with van der Waals surface area (Å²) in [6.45, 7) is 9.42. The van der Waals surface area contributed by atoms with Gasteiger partial charge in [-0.2, -0.15) is 0 Å². The van der Waals surface area contributed by atoms with Crippen molar-refractivity contribution >= 4 is 0 Å². The minimum absolute atomic E-state index is 0. The molecule has 19 heavy (non-hydrogen) atoms. The Balaban J connectivity index is -0.0000000180. The Morgan fingerprint density at radius 1 is 0.368 bits per heavy atom. The first-order chi connectivity index (χ1) is 8.49. The molecule has 0 aromatic rings. The van der Waals surface area contributed by atoms with Crippen molar-refractivity contribution in [3.8, 4) is 0 Å². The molecule has 120 valence electrons. The molecule has 0 rings (SSSR count). The third kappa shape index (κ3) is 56800. The van der Waals surface area contributed by atoms with Gasteiger partial charge in [-0.15, -0.1) is 39.6 Å². The standard InChI is InChI=1S/6C2H5O.Cr/c6*1-2-3;/h6*2H2,1H3;/q6*-1;+6. The minimum atomic E-state index is 0. The molecule has 0 unspecified atom stereocenters. The Kier molecular flexibility index (Phi) is 311. The number of hydrogen-bond acceptors (Lipinski definition) is 6. The van der Waals surface area contributed by atoms with E-state index in [9.17, 15) is 0 Å². The average molecular weight is 322 g/mol. The van der Waals surface area contributed by atoms with Gasteiger partial charge in [0.15, 0.2) is 0 Å². The topological polar surface area (TPSA) is 138 Å². The predicted molar refractivity (Wildman–Crippen MR) is 63.2 cm³/mol. The van der Waals surface area contributed by atoms with Crippen LogP contribution in [-0.4, -0.2) is 39.6 Å². The van der Waals surface area contributed by atoms with Gasteiger partial charge in [-0.1, -0.05) is 41.5 Å². The molecule has 0 amide bonds. The van der Waals surface area contributed by atoms with E-state index in [4.69, 9.17) is 30.6 Å². The van der Waals surface area contributed by atoms with Gasteiger partial charge in [0.1, 0.15) is 0 Å². The molecule has 0 aliphatic heterocycles. The maximum Gasteiger partial charge on any atom is 6.00 e. The van der Waals surface area contributed by atoms with Crippen LogP contribution < -0.4 is 30.6 Å². The molecule has 0 fully saturated rings. The van der Waals surface area contributed by atoms with Crippen molar-refractivity contribution in [2.45, 2.75) is 41.5 Å². The van der Waals surface area contributed by atoms with E-state index in [-0.39, 0.29) is 57.0 Å². The normalized spacial score (nSPS) is 5.68. The molecule has 0 atom stereocenters. The summed E-state index contributed by atoms with van der Waals surface area (Å²) in [4.78, 5) is 0. The Morgan fingerprint density at radius 3 is 0.368 bits per heavy atom. The molecule has 0 saturated heterocycles. The van der Waals surface area contributed by atoms with E-state index in [1.165, 1.54) is 0 Å². The van der Waals surface area contributed by atoms with Crippen LogP contribution in [0.25, 0.3) is 0 Å². The summed E-state index contributed by atoms with van der Waals surface area (Å²) < 4.78 is 0. The Labute approximate surface area is 129 Å². The van der Waals surface area contributed by atoms with Crippen molar-refractivity contribution in [2.75, 3.05) is 39.6 Å². The minimum Gasteiger partial charge on any atom is -0.855 e. The SMILES string of the molecule is CC[O-].CC[O-].CC[O-].CC[O-].CC[O-].CC[O-].[Cr+6]. The zero-order chi connectivity index (χ0) is 16.2. The number of hydrogen-bond donors (Lipinski definition) is 0. The van der Waals surface area contributed by atoms with Crippen LogP contribution in [0.2, 0.25) is 0 Å². The van der Waals surface area contributed by atoms with Gasteiger partial charge in [0.05, 0.1) is 0 Å². The van der Waals surface area contributed by atoms with Gasteiger partial charge in [0.2, 0.25) is 0 Å². The van der Waals surface area contributed by atoms with Gasteiger partial charge in [-0.05, 0) is 0 Å². The van der Waals surface area contributed by atoms with E-state index in [0.717, 1.165) is 0 Å². The van der Waals surface area contributed by atoms with E-state index in [1.54, 1.807) is 41.5 Å². The molecule has 0 N–H and O–H groups in total. The molecular formula is C12H30CrO6. The number of rotatable bonds is 0. The van der Waals surface area contributed by atoms with E-state index in [1.807, 2.05) is 0 Å². The fourth-order valence-electron chi connectivity index (χ4n) is 0. The van der Waals surface area contributed by atoms with Crippen LogP contribution in [0.3, 0.4) is 0 Å². The molecule has 0 aromatic carbocycles. The van der Waals surface area contributed by atoms with Crippen molar-refractivity contribution in [1.82, 2.24) is 0 Å². The first kappa shape index (κ1) is 42.7. The molecule has 0 aromatic heterocycles. The molecule has 6 nitrogen and oxygen atoms in total. The average Bonchev–Trinajstić information content (AvgIpc) is 2.23. The molecule has 7 heteroatoms. The van der Waals surface area contributed by atoms with Gasteiger partial charge < -0.3 is 30.6 Å². The van der Waals surface area contributed by atoms with Crippen molar-refractivity contribution in [1.29, 1.82) is 0 Å². The second-order valence-corrected chi connectivity index (χ2v) is 1.73. The van der Waals surface area contributed by atoms with Gasteiger partial charge in [0, 0.05) is 0 Å². The van der Waals surface area contributed by atoms with E-state index >= 15 is 0 Å². The largest absolute Gasteiger partial charge is 6.00 e. The fourth-order valence-corrected chi connectivity index (χ4v) is 0. The second-order valence-electron chi connectivity index (χ2n) is 1.73. The van der Waals surface area contributed by atoms with Gasteiger partial charge >= 0.3 is 17.4 Å². The quantitative estimate of drug-likeness (QED) is 0.448. The molecule has 0 aliphatic carbocycles. The molecule has 0 saturated carbocycles. The molecule has 0 bridgehead atoms. The Bertz CT molecular complexity index is 37.7. The summed E-state index contributed by atoms with van der Waals surface area (Å²) >= 11 is 0. The third-order valence-electron chi connectivity index (χ3n) is 0. The molecule has 0 radical (unpaired) electrons. The summed E-state index contributed by atoms with van der Waals surface area (Å²) in [5, 5.41) is 53.6. The summed E-state index contributed by atoms with van der Waals surface area (Å²) in [6, 6.07) is 0. The second kappa shape index (κ2) is 138. The third-order valence-corrected chi connectivity index (χ3v) is 0. The van der Waals surface area contributed by atoms with Crippen molar-refractivity contribution in [2.24, 2.45) is 0 Å². The Hall–Kier alpha value is 0.292. The maximum absolute atomic E-state index is 8.93. The zero-order valence-electron chi connectivity index (χ0n) is 13.1. The van der Waals surface area contributed by atoms with Crippen LogP contribution in [0.5, 0.6) is 0 Å². The van der Waals surface area contributed by atoms with Crippen LogP contribution in [0.1, 0.15) is 41.5 Å². The van der Waals surface area contributed by atoms with Crippen molar-refractivity contribution < 1.29 is 48.0 Å².